The Kier molecular flexibility index (Phi) is 29.9. The predicted octanol–water partition coefficient (Wildman–Crippen LogP) is -1.46. The number of carboxylic acids is 1. The molecule has 14 atom stereocenters. The Bertz CT molecular complexity index is 3960. The van der Waals surface area contributed by atoms with E-state index in [4.69, 9.17) is 0 Å². The summed E-state index contributed by atoms with van der Waals surface area (Å²) in [6.07, 6.45) is -0.300. The van der Waals surface area contributed by atoms with Crippen molar-refractivity contribution in [1.82, 2.24) is 73.2 Å². The van der Waals surface area contributed by atoms with Crippen molar-refractivity contribution in [2.24, 2.45) is 5.92 Å². The Morgan fingerprint density at radius 1 is 0.440 bits per heavy atom. The highest BCUT2D eigenvalue weighted by molar-refractivity contribution is 8.76. The van der Waals surface area contributed by atoms with Gasteiger partial charge in [0, 0.05) is 56.8 Å². The van der Waals surface area contributed by atoms with Crippen molar-refractivity contribution < 1.29 is 87.2 Å². The van der Waals surface area contributed by atoms with E-state index in [9.17, 15) is 63.3 Å². The monoisotopic (exact) mass is 1540 g/mol. The summed E-state index contributed by atoms with van der Waals surface area (Å²) in [5, 5.41) is 59.8. The van der Waals surface area contributed by atoms with Crippen LogP contribution in [0.2, 0.25) is 0 Å². The van der Waals surface area contributed by atoms with E-state index in [2.05, 4.69) is 58.5 Å². The van der Waals surface area contributed by atoms with E-state index in [0.717, 1.165) is 21.6 Å². The van der Waals surface area contributed by atoms with Crippen LogP contribution in [0.5, 0.6) is 5.75 Å². The Morgan fingerprint density at radius 3 is 1.36 bits per heavy atom. The molecule has 0 aliphatic carbocycles. The lowest BCUT2D eigenvalue weighted by molar-refractivity contribution is -0.148. The molecule has 2 bridgehead atoms. The van der Waals surface area contributed by atoms with Crippen LogP contribution in [0.1, 0.15) is 94.4 Å². The second-order valence-electron chi connectivity index (χ2n) is 27.7. The maximum atomic E-state index is 15.4. The third-order valence-electron chi connectivity index (χ3n) is 19.9. The molecule has 14 amide bonds. The number of rotatable bonds is 13. The van der Waals surface area contributed by atoms with Crippen LogP contribution in [0.4, 0.5) is 0 Å². The summed E-state index contributed by atoms with van der Waals surface area (Å²) in [6.45, 7) is 2.88. The predicted molar refractivity (Wildman–Crippen MR) is 398 cm³/mol. The molecule has 0 unspecified atom stereocenters. The van der Waals surface area contributed by atoms with Gasteiger partial charge >= 0.3 is 5.97 Å². The van der Waals surface area contributed by atoms with Crippen molar-refractivity contribution in [1.29, 1.82) is 0 Å². The minimum atomic E-state index is -1.82. The van der Waals surface area contributed by atoms with Crippen LogP contribution in [0.3, 0.4) is 0 Å². The van der Waals surface area contributed by atoms with Crippen LogP contribution in [-0.2, 0) is 97.6 Å². The van der Waals surface area contributed by atoms with Gasteiger partial charge in [0.05, 0.1) is 19.6 Å². The highest BCUT2D eigenvalue weighted by atomic mass is 33.1. The molecule has 0 aromatic heterocycles. The second kappa shape index (κ2) is 39.5. The number of hydrogen-bond acceptors (Lipinski definition) is 19. The number of nitrogens with zero attached hydrogens (tertiary/aromatic N) is 3. The fraction of sp³-hybridized carbons (Fsp3) is 0.480. The van der Waals surface area contributed by atoms with Gasteiger partial charge in [0.25, 0.3) is 0 Å². The first-order valence-corrected chi connectivity index (χ1v) is 39.0. The topological polar surface area (TPSA) is 459 Å². The summed E-state index contributed by atoms with van der Waals surface area (Å²) < 4.78 is 0. The molecule has 9 rings (SSSR count). The van der Waals surface area contributed by atoms with Crippen molar-refractivity contribution >= 4 is 110 Å². The molecule has 5 fully saturated rings. The number of aliphatic hydroxyl groups excluding tert-OH is 1. The molecule has 0 radical (unpaired) electrons. The van der Waals surface area contributed by atoms with Gasteiger partial charge in [-0.2, -0.15) is 0 Å². The molecule has 14 N–H and O–H groups in total. The van der Waals surface area contributed by atoms with E-state index >= 15 is 24.0 Å². The molecule has 4 aromatic rings. The van der Waals surface area contributed by atoms with Gasteiger partial charge in [-0.25, -0.2) is 0 Å². The molecule has 5 aliphatic rings. The molecular formula is C75H94N14O18S2. The van der Waals surface area contributed by atoms with Gasteiger partial charge in [-0.15, -0.1) is 0 Å². The summed E-state index contributed by atoms with van der Waals surface area (Å²) in [6, 6.07) is 11.4. The number of aromatic hydroxyl groups is 1. The fourth-order valence-corrected chi connectivity index (χ4v) is 16.0. The Morgan fingerprint density at radius 2 is 0.844 bits per heavy atom. The number of carbonyl (C=O) groups is 15. The molecular weight excluding hydrogens is 1450 g/mol. The average Bonchev–Trinajstić information content (AvgIpc) is 1.69. The average molecular weight is 1540 g/mol. The van der Waals surface area contributed by atoms with Gasteiger partial charge in [0.1, 0.15) is 84.3 Å². The van der Waals surface area contributed by atoms with Crippen LogP contribution in [0.25, 0.3) is 0 Å². The van der Waals surface area contributed by atoms with E-state index in [-0.39, 0.29) is 88.9 Å². The van der Waals surface area contributed by atoms with Gasteiger partial charge in [-0.05, 0) is 85.8 Å². The summed E-state index contributed by atoms with van der Waals surface area (Å²) in [7, 11) is 1.81. The first-order valence-electron chi connectivity index (χ1n) is 36.5. The van der Waals surface area contributed by atoms with Crippen LogP contribution in [0.15, 0.2) is 115 Å². The van der Waals surface area contributed by atoms with Crippen LogP contribution in [-0.4, -0.2) is 242 Å². The Labute approximate surface area is 637 Å². The van der Waals surface area contributed by atoms with Crippen molar-refractivity contribution in [3.63, 3.8) is 0 Å². The Hall–Kier alpha value is -10.6. The van der Waals surface area contributed by atoms with E-state index in [1.54, 1.807) is 105 Å². The summed E-state index contributed by atoms with van der Waals surface area (Å²) in [5.41, 5.74) is 2.00. The van der Waals surface area contributed by atoms with Gasteiger partial charge < -0.3 is 88.5 Å². The van der Waals surface area contributed by atoms with Crippen molar-refractivity contribution in [2.75, 3.05) is 44.3 Å². The number of hydrogen-bond donors (Lipinski definition) is 14. The van der Waals surface area contributed by atoms with Crippen molar-refractivity contribution in [3.8, 4) is 5.75 Å². The summed E-state index contributed by atoms with van der Waals surface area (Å²) in [4.78, 5) is 223. The first kappa shape index (κ1) is 82.4. The zero-order valence-corrected chi connectivity index (χ0v) is 62.2. The summed E-state index contributed by atoms with van der Waals surface area (Å²) >= 11 is 0. The zero-order chi connectivity index (χ0) is 78.4. The molecule has 109 heavy (non-hydrogen) atoms. The van der Waals surface area contributed by atoms with Gasteiger partial charge in [0.15, 0.2) is 0 Å². The minimum Gasteiger partial charge on any atom is -0.508 e. The third kappa shape index (κ3) is 22.7. The highest BCUT2D eigenvalue weighted by Gasteiger charge is 2.46. The number of fused-ring (bicyclic) bond motifs is 8. The molecule has 32 nitrogen and oxygen atoms in total. The van der Waals surface area contributed by atoms with Crippen LogP contribution < -0.4 is 58.5 Å². The lowest BCUT2D eigenvalue weighted by atomic mass is 9.97. The van der Waals surface area contributed by atoms with Gasteiger partial charge in [-0.3, -0.25) is 71.9 Å². The number of amides is 14. The largest absolute Gasteiger partial charge is 0.508 e. The van der Waals surface area contributed by atoms with E-state index in [1.807, 2.05) is 0 Å². The van der Waals surface area contributed by atoms with E-state index in [0.29, 0.717) is 35.1 Å². The lowest BCUT2D eigenvalue weighted by Crippen LogP contribution is -2.62. The molecule has 5 aliphatic heterocycles. The number of carboxylic acid groups (broad SMARTS) is 1. The van der Waals surface area contributed by atoms with E-state index in [1.165, 1.54) is 45.9 Å². The number of phenolic OH excluding ortho intramolecular Hbond substituents is 1. The molecule has 34 heteroatoms. The quantitative estimate of drug-likeness (QED) is 0.0680. The standard InChI is InChI=1S/C75H94N14O18S2/c1-4-42(2)62-72(104)85-56-41-109-108-40-55(84-65(97)49(33-44-17-8-5-9-18-44)78-60(92)38-76-64(96)51(37-61(93)94)80-70(102)57-23-14-30-87(57)73(105)52(82-69(56)101)35-45-19-10-6-11-20-45)68(100)77-43(3)63(95)79-50(34-47-26-28-48(91)29-27-47)66(98)83-54(39-90)67(99)81-53(36-46-21-12-7-13-22-46)74(106)89-32-16-25-59(89)75(107)88-31-15-24-58(88)71(103)86-62/h5-13,17-22,26-29,42-43,49-59,62,90-91H,4,14-16,23-25,30-41H2,1-3H3,(H,76,96)(H,77,100)(H,78,92)(H,79,95)(H,80,102)(H,81,99)(H,82,101)(H,83,98)(H,84,97)(H,85,104)(H,86,103)(H,93,94)/t42-,43-,49-,50-,51-,52-,53-,54-,55-,56-,57-,58-,59-,62-/m0/s1. The normalized spacial score (nSPS) is 27.3. The third-order valence-corrected chi connectivity index (χ3v) is 22.3. The molecule has 0 spiro atoms. The number of benzene rings is 4. The fourth-order valence-electron chi connectivity index (χ4n) is 13.7. The van der Waals surface area contributed by atoms with Gasteiger partial charge in [0.2, 0.25) is 82.7 Å². The van der Waals surface area contributed by atoms with Gasteiger partial charge in [-0.1, -0.05) is 145 Å². The number of aliphatic hydroxyl groups is 1. The smallest absolute Gasteiger partial charge is 0.305 e. The van der Waals surface area contributed by atoms with Crippen molar-refractivity contribution in [3.05, 3.63) is 138 Å². The zero-order valence-electron chi connectivity index (χ0n) is 60.6. The number of phenols is 1. The maximum Gasteiger partial charge on any atom is 0.305 e. The van der Waals surface area contributed by atoms with Crippen LogP contribution in [0, 0.1) is 5.92 Å². The lowest BCUT2D eigenvalue weighted by Gasteiger charge is -2.34. The van der Waals surface area contributed by atoms with E-state index < -0.39 is 198 Å². The second-order valence-corrected chi connectivity index (χ2v) is 30.3. The highest BCUT2D eigenvalue weighted by Crippen LogP contribution is 2.29. The molecule has 0 saturated carbocycles. The molecule has 5 heterocycles. The van der Waals surface area contributed by atoms with Crippen LogP contribution >= 0.6 is 21.6 Å². The van der Waals surface area contributed by atoms with Crippen molar-refractivity contribution in [2.45, 2.75) is 176 Å². The molecule has 5 saturated heterocycles. The number of nitrogens with one attached hydrogen (secondary N) is 11. The SMILES string of the molecule is CC[C@H](C)[C@@H]1NC(=O)[C@@H]2CCCN2C(=O)[C@@H]2CCCN2C(=O)[C@H](Cc2ccccc2)NC(=O)[C@H](CO)NC(=O)[C@H](Cc2ccc(O)cc2)NC(=O)[C@H](C)NC(=O)[C@@H]2CSSC[C@H](NC1=O)C(=O)N[C@@H](Cc1ccccc1)C(=O)N1CCC[C@H]1C(=O)N[C@@H](CC(=O)O)C(=O)NCC(=O)N[C@@H](Cc1ccccc1)C(=O)N2. The first-order chi connectivity index (χ1) is 52.3. The molecule has 4 aromatic carbocycles. The Balaban J connectivity index is 1.12. The number of carbonyl (C=O) groups excluding carboxylic acids is 14. The maximum absolute atomic E-state index is 15.4. The summed E-state index contributed by atoms with van der Waals surface area (Å²) in [5.74, 6) is -15.9. The molecule has 584 valence electrons. The minimum absolute atomic E-state index is 0.0352. The number of aliphatic carboxylic acids is 1.